The van der Waals surface area contributed by atoms with E-state index in [9.17, 15) is 0 Å². The third-order valence-corrected chi connectivity index (χ3v) is 4.91. The lowest BCUT2D eigenvalue weighted by atomic mass is 10.4. The molecule has 14 heavy (non-hydrogen) atoms. The third-order valence-electron chi connectivity index (χ3n) is 2.26. The van der Waals surface area contributed by atoms with Crippen LogP contribution in [0, 0.1) is 0 Å². The molecule has 0 spiro atoms. The van der Waals surface area contributed by atoms with Crippen LogP contribution < -0.4 is 5.19 Å². The molecule has 1 aromatic carbocycles. The summed E-state index contributed by atoms with van der Waals surface area (Å²) in [4.78, 5) is 0. The predicted molar refractivity (Wildman–Crippen MR) is 61.1 cm³/mol. The summed E-state index contributed by atoms with van der Waals surface area (Å²) in [5.74, 6) is 0. The minimum atomic E-state index is -1.79. The molecule has 1 atom stereocenters. The molecule has 2 nitrogen and oxygen atoms in total. The first-order valence-corrected chi connectivity index (χ1v) is 7.73. The van der Waals surface area contributed by atoms with Gasteiger partial charge in [-0.25, -0.2) is 0 Å². The lowest BCUT2D eigenvalue weighted by Crippen LogP contribution is -2.47. The number of ether oxygens (including phenoxy) is 1. The summed E-state index contributed by atoms with van der Waals surface area (Å²) in [5.41, 5.74) is 0. The van der Waals surface area contributed by atoms with Gasteiger partial charge in [0, 0.05) is 7.11 Å². The van der Waals surface area contributed by atoms with Crippen molar-refractivity contribution in [2.45, 2.75) is 26.3 Å². The molecule has 0 heterocycles. The molecule has 0 aliphatic rings. The van der Waals surface area contributed by atoms with Gasteiger partial charge in [0.15, 0.2) is 0 Å². The van der Waals surface area contributed by atoms with E-state index in [0.717, 1.165) is 0 Å². The van der Waals surface area contributed by atoms with E-state index in [2.05, 4.69) is 25.2 Å². The Morgan fingerprint density at radius 2 is 1.71 bits per heavy atom. The molecule has 0 N–H and O–H groups in total. The van der Waals surface area contributed by atoms with Crippen molar-refractivity contribution >= 4 is 13.5 Å². The van der Waals surface area contributed by atoms with Crippen LogP contribution in [0.15, 0.2) is 30.3 Å². The number of hydrogen-bond acceptors (Lipinski definition) is 2. The Morgan fingerprint density at radius 3 is 2.21 bits per heavy atom. The van der Waals surface area contributed by atoms with Crippen LogP contribution in [0.3, 0.4) is 0 Å². The Morgan fingerprint density at radius 1 is 1.14 bits per heavy atom. The molecular weight excluding hydrogens is 192 g/mol. The molecule has 0 radical (unpaired) electrons. The highest BCUT2D eigenvalue weighted by atomic mass is 28.4. The van der Waals surface area contributed by atoms with Crippen LogP contribution in [-0.2, 0) is 9.16 Å². The lowest BCUT2D eigenvalue weighted by molar-refractivity contribution is -0.0430. The van der Waals surface area contributed by atoms with E-state index in [1.165, 1.54) is 5.19 Å². The molecule has 1 aromatic rings. The molecule has 0 amide bonds. The van der Waals surface area contributed by atoms with Crippen LogP contribution in [0.2, 0.25) is 13.1 Å². The van der Waals surface area contributed by atoms with Gasteiger partial charge in [0.2, 0.25) is 8.32 Å². The maximum absolute atomic E-state index is 5.89. The fraction of sp³-hybridized carbons (Fsp3) is 0.455. The number of benzene rings is 1. The molecule has 1 rings (SSSR count). The predicted octanol–water partition coefficient (Wildman–Crippen LogP) is 2.11. The minimum absolute atomic E-state index is 0.128. The topological polar surface area (TPSA) is 18.5 Å². The van der Waals surface area contributed by atoms with Gasteiger partial charge >= 0.3 is 0 Å². The largest absolute Gasteiger partial charge is 0.388 e. The van der Waals surface area contributed by atoms with Gasteiger partial charge in [0.1, 0.15) is 6.29 Å². The summed E-state index contributed by atoms with van der Waals surface area (Å²) < 4.78 is 11.0. The van der Waals surface area contributed by atoms with Gasteiger partial charge in [-0.15, -0.1) is 0 Å². The average molecular weight is 210 g/mol. The number of hydrogen-bond donors (Lipinski definition) is 0. The average Bonchev–Trinajstić information content (AvgIpc) is 2.18. The molecule has 0 fully saturated rings. The van der Waals surface area contributed by atoms with E-state index in [4.69, 9.17) is 9.16 Å². The molecule has 0 aromatic heterocycles. The van der Waals surface area contributed by atoms with E-state index in [0.29, 0.717) is 0 Å². The summed E-state index contributed by atoms with van der Waals surface area (Å²) in [6.07, 6.45) is -0.128. The first-order valence-electron chi connectivity index (χ1n) is 4.82. The van der Waals surface area contributed by atoms with Crippen molar-refractivity contribution in [1.82, 2.24) is 0 Å². The zero-order valence-corrected chi connectivity index (χ0v) is 10.3. The van der Waals surface area contributed by atoms with Crippen molar-refractivity contribution in [1.29, 1.82) is 0 Å². The normalized spacial score (nSPS) is 14.0. The van der Waals surface area contributed by atoms with Crippen molar-refractivity contribution in [2.75, 3.05) is 7.11 Å². The molecule has 0 saturated carbocycles. The van der Waals surface area contributed by atoms with Crippen molar-refractivity contribution in [3.05, 3.63) is 30.3 Å². The van der Waals surface area contributed by atoms with Crippen molar-refractivity contribution in [2.24, 2.45) is 0 Å². The molecule has 0 aliphatic carbocycles. The third kappa shape index (κ3) is 2.94. The zero-order chi connectivity index (χ0) is 10.6. The second kappa shape index (κ2) is 4.73. The second-order valence-electron chi connectivity index (χ2n) is 3.80. The molecule has 0 bridgehead atoms. The molecule has 1 unspecified atom stereocenters. The smallest absolute Gasteiger partial charge is 0.221 e. The summed E-state index contributed by atoms with van der Waals surface area (Å²) in [7, 11) is -0.122. The summed E-state index contributed by atoms with van der Waals surface area (Å²) in [6, 6.07) is 10.4. The summed E-state index contributed by atoms with van der Waals surface area (Å²) >= 11 is 0. The van der Waals surface area contributed by atoms with Crippen LogP contribution in [0.4, 0.5) is 0 Å². The minimum Gasteiger partial charge on any atom is -0.388 e. The van der Waals surface area contributed by atoms with Crippen molar-refractivity contribution < 1.29 is 9.16 Å². The SMILES string of the molecule is COC(C)O[Si](C)(C)c1ccccc1. The second-order valence-corrected chi connectivity index (χ2v) is 7.63. The number of rotatable bonds is 4. The molecular formula is C11H18O2Si. The molecule has 3 heteroatoms. The van der Waals surface area contributed by atoms with Crippen LogP contribution in [0.5, 0.6) is 0 Å². The Kier molecular flexibility index (Phi) is 3.86. The Bertz CT molecular complexity index is 272. The fourth-order valence-electron chi connectivity index (χ4n) is 1.37. The maximum atomic E-state index is 5.89. The van der Waals surface area contributed by atoms with E-state index in [1.54, 1.807) is 7.11 Å². The van der Waals surface area contributed by atoms with Gasteiger partial charge in [-0.3, -0.25) is 0 Å². The van der Waals surface area contributed by atoms with Crippen LogP contribution in [0.1, 0.15) is 6.92 Å². The Hall–Kier alpha value is -0.643. The zero-order valence-electron chi connectivity index (χ0n) is 9.28. The van der Waals surface area contributed by atoms with Crippen LogP contribution >= 0.6 is 0 Å². The first kappa shape index (κ1) is 11.4. The quantitative estimate of drug-likeness (QED) is 0.560. The Balaban J connectivity index is 2.75. The van der Waals surface area contributed by atoms with E-state index >= 15 is 0 Å². The van der Waals surface area contributed by atoms with E-state index < -0.39 is 8.32 Å². The van der Waals surface area contributed by atoms with Gasteiger partial charge < -0.3 is 9.16 Å². The summed E-state index contributed by atoms with van der Waals surface area (Å²) in [5, 5.41) is 1.30. The van der Waals surface area contributed by atoms with Gasteiger partial charge in [-0.05, 0) is 25.2 Å². The van der Waals surface area contributed by atoms with Crippen molar-refractivity contribution in [3.8, 4) is 0 Å². The Labute approximate surface area is 87.0 Å². The maximum Gasteiger partial charge on any atom is 0.221 e. The number of methoxy groups -OCH3 is 1. The molecule has 0 aliphatic heterocycles. The van der Waals surface area contributed by atoms with Gasteiger partial charge in [-0.1, -0.05) is 30.3 Å². The standard InChI is InChI=1S/C11H18O2Si/c1-10(12-2)13-14(3,4)11-8-6-5-7-9-11/h5-10H,1-4H3. The van der Waals surface area contributed by atoms with Gasteiger partial charge in [0.25, 0.3) is 0 Å². The molecule has 78 valence electrons. The van der Waals surface area contributed by atoms with Crippen LogP contribution in [-0.4, -0.2) is 21.7 Å². The van der Waals surface area contributed by atoms with E-state index in [1.807, 2.05) is 25.1 Å². The highest BCUT2D eigenvalue weighted by Gasteiger charge is 2.27. The van der Waals surface area contributed by atoms with Crippen LogP contribution in [0.25, 0.3) is 0 Å². The summed E-state index contributed by atoms with van der Waals surface area (Å²) in [6.45, 7) is 6.29. The van der Waals surface area contributed by atoms with Gasteiger partial charge in [-0.2, -0.15) is 0 Å². The monoisotopic (exact) mass is 210 g/mol. The van der Waals surface area contributed by atoms with E-state index in [-0.39, 0.29) is 6.29 Å². The van der Waals surface area contributed by atoms with Gasteiger partial charge in [0.05, 0.1) is 0 Å². The van der Waals surface area contributed by atoms with Crippen molar-refractivity contribution in [3.63, 3.8) is 0 Å². The molecule has 0 saturated heterocycles. The highest BCUT2D eigenvalue weighted by molar-refractivity contribution is 6.84. The fourth-order valence-corrected chi connectivity index (χ4v) is 3.43. The highest BCUT2D eigenvalue weighted by Crippen LogP contribution is 2.08. The first-order chi connectivity index (χ1) is 6.56. The lowest BCUT2D eigenvalue weighted by Gasteiger charge is -2.26.